The van der Waals surface area contributed by atoms with E-state index in [-0.39, 0.29) is 5.56 Å². The van der Waals surface area contributed by atoms with Gasteiger partial charge >= 0.3 is 0 Å². The smallest absolute Gasteiger partial charge is 0.255 e. The molecule has 2 rings (SSSR count). The zero-order chi connectivity index (χ0) is 10.7. The number of aryl methyl sites for hydroxylation is 1. The summed E-state index contributed by atoms with van der Waals surface area (Å²) in [5.41, 5.74) is 0.604. The van der Waals surface area contributed by atoms with E-state index in [1.807, 2.05) is 0 Å². The highest BCUT2D eigenvalue weighted by Crippen LogP contribution is 2.19. The fraction of sp³-hybridized carbons (Fsp3) is 0.636. The van der Waals surface area contributed by atoms with Gasteiger partial charge in [0.25, 0.3) is 5.56 Å². The average molecular weight is 207 g/mol. The standard InChI is InChI=1S/C11H17N3O/c1-8-7-12-11(14-10(8)15)13-9-5-3-2-4-6-9/h7,9H,2-6H2,1H3,(H2,12,13,14,15). The number of hydrogen-bond acceptors (Lipinski definition) is 3. The van der Waals surface area contributed by atoms with E-state index in [0.29, 0.717) is 17.6 Å². The van der Waals surface area contributed by atoms with Crippen molar-refractivity contribution in [3.8, 4) is 0 Å². The van der Waals surface area contributed by atoms with Gasteiger partial charge in [-0.3, -0.25) is 9.78 Å². The fourth-order valence-electron chi connectivity index (χ4n) is 1.97. The molecule has 1 saturated carbocycles. The molecule has 4 heteroatoms. The molecule has 1 aromatic rings. The Hall–Kier alpha value is -1.32. The van der Waals surface area contributed by atoms with Crippen molar-refractivity contribution in [1.82, 2.24) is 9.97 Å². The van der Waals surface area contributed by atoms with Gasteiger partial charge in [-0.2, -0.15) is 0 Å². The van der Waals surface area contributed by atoms with Crippen LogP contribution in [0.3, 0.4) is 0 Å². The molecule has 0 bridgehead atoms. The summed E-state index contributed by atoms with van der Waals surface area (Å²) in [4.78, 5) is 18.3. The van der Waals surface area contributed by atoms with Crippen LogP contribution in [0.2, 0.25) is 0 Å². The third-order valence-electron chi connectivity index (χ3n) is 2.92. The Balaban J connectivity index is 2.03. The number of rotatable bonds is 2. The predicted octanol–water partition coefficient (Wildman–Crippen LogP) is 1.82. The van der Waals surface area contributed by atoms with Gasteiger partial charge in [0.2, 0.25) is 5.95 Å². The first kappa shape index (κ1) is 10.2. The van der Waals surface area contributed by atoms with Crippen molar-refractivity contribution in [3.05, 3.63) is 22.1 Å². The van der Waals surface area contributed by atoms with Crippen LogP contribution in [0, 0.1) is 6.92 Å². The Morgan fingerprint density at radius 3 is 2.80 bits per heavy atom. The molecule has 4 nitrogen and oxygen atoms in total. The van der Waals surface area contributed by atoms with E-state index in [4.69, 9.17) is 0 Å². The van der Waals surface area contributed by atoms with Crippen LogP contribution in [0.5, 0.6) is 0 Å². The molecule has 1 aliphatic rings. The number of nitrogens with one attached hydrogen (secondary N) is 2. The summed E-state index contributed by atoms with van der Waals surface area (Å²) in [5.74, 6) is 0.609. The highest BCUT2D eigenvalue weighted by molar-refractivity contribution is 5.26. The van der Waals surface area contributed by atoms with E-state index < -0.39 is 0 Å². The van der Waals surface area contributed by atoms with Crippen molar-refractivity contribution < 1.29 is 0 Å². The molecular formula is C11H17N3O. The molecular weight excluding hydrogens is 190 g/mol. The van der Waals surface area contributed by atoms with Crippen molar-refractivity contribution in [3.63, 3.8) is 0 Å². The molecule has 1 aliphatic carbocycles. The van der Waals surface area contributed by atoms with Crippen LogP contribution in [0.4, 0.5) is 5.95 Å². The largest absolute Gasteiger partial charge is 0.353 e. The van der Waals surface area contributed by atoms with Crippen molar-refractivity contribution in [1.29, 1.82) is 0 Å². The van der Waals surface area contributed by atoms with Crippen LogP contribution in [-0.4, -0.2) is 16.0 Å². The van der Waals surface area contributed by atoms with E-state index in [1.165, 1.54) is 32.1 Å². The van der Waals surface area contributed by atoms with Crippen LogP contribution in [-0.2, 0) is 0 Å². The second-order valence-corrected chi connectivity index (χ2v) is 4.22. The van der Waals surface area contributed by atoms with E-state index in [9.17, 15) is 4.79 Å². The number of aromatic nitrogens is 2. The lowest BCUT2D eigenvalue weighted by Gasteiger charge is -2.22. The van der Waals surface area contributed by atoms with Crippen LogP contribution in [0.1, 0.15) is 37.7 Å². The summed E-state index contributed by atoms with van der Waals surface area (Å²) in [6.45, 7) is 1.76. The summed E-state index contributed by atoms with van der Waals surface area (Å²) in [6.07, 6.45) is 7.84. The molecule has 0 aromatic carbocycles. The van der Waals surface area contributed by atoms with E-state index >= 15 is 0 Å². The molecule has 15 heavy (non-hydrogen) atoms. The van der Waals surface area contributed by atoms with Crippen molar-refractivity contribution in [2.24, 2.45) is 0 Å². The molecule has 1 heterocycles. The Morgan fingerprint density at radius 2 is 2.13 bits per heavy atom. The molecule has 82 valence electrons. The maximum atomic E-state index is 11.3. The van der Waals surface area contributed by atoms with E-state index in [2.05, 4.69) is 15.3 Å². The molecule has 0 amide bonds. The van der Waals surface area contributed by atoms with Crippen molar-refractivity contribution in [2.75, 3.05) is 5.32 Å². The van der Waals surface area contributed by atoms with Crippen molar-refractivity contribution >= 4 is 5.95 Å². The van der Waals surface area contributed by atoms with Gasteiger partial charge in [-0.15, -0.1) is 0 Å². The van der Waals surface area contributed by atoms with Gasteiger partial charge in [-0.1, -0.05) is 19.3 Å². The SMILES string of the molecule is Cc1cnc(NC2CCCCC2)[nH]c1=O. The summed E-state index contributed by atoms with van der Waals surface area (Å²) in [6, 6.07) is 0.476. The molecule has 0 atom stereocenters. The summed E-state index contributed by atoms with van der Waals surface area (Å²) >= 11 is 0. The summed E-state index contributed by atoms with van der Waals surface area (Å²) < 4.78 is 0. The maximum Gasteiger partial charge on any atom is 0.255 e. The summed E-state index contributed by atoms with van der Waals surface area (Å²) in [5, 5.41) is 3.28. The Bertz CT molecular complexity index is 380. The lowest BCUT2D eigenvalue weighted by molar-refractivity contribution is 0.460. The third kappa shape index (κ3) is 2.58. The summed E-state index contributed by atoms with van der Waals surface area (Å²) in [7, 11) is 0. The molecule has 0 aliphatic heterocycles. The maximum absolute atomic E-state index is 11.3. The first-order valence-electron chi connectivity index (χ1n) is 5.58. The molecule has 1 aromatic heterocycles. The average Bonchev–Trinajstić information content (AvgIpc) is 2.25. The van der Waals surface area contributed by atoms with Gasteiger partial charge in [0.05, 0.1) is 0 Å². The van der Waals surface area contributed by atoms with Gasteiger partial charge in [0.1, 0.15) is 0 Å². The topological polar surface area (TPSA) is 57.8 Å². The Labute approximate surface area is 89.1 Å². The minimum absolute atomic E-state index is 0.0525. The van der Waals surface area contributed by atoms with Crippen LogP contribution < -0.4 is 10.9 Å². The first-order valence-corrected chi connectivity index (χ1v) is 5.58. The minimum atomic E-state index is -0.0525. The number of anilines is 1. The zero-order valence-electron chi connectivity index (χ0n) is 9.05. The zero-order valence-corrected chi connectivity index (χ0v) is 9.05. The number of nitrogens with zero attached hydrogens (tertiary/aromatic N) is 1. The highest BCUT2D eigenvalue weighted by Gasteiger charge is 2.13. The molecule has 2 N–H and O–H groups in total. The molecule has 0 unspecified atom stereocenters. The molecule has 1 fully saturated rings. The molecule has 0 radical (unpaired) electrons. The van der Waals surface area contributed by atoms with Crippen LogP contribution in [0.15, 0.2) is 11.0 Å². The normalized spacial score (nSPS) is 17.7. The number of hydrogen-bond donors (Lipinski definition) is 2. The second-order valence-electron chi connectivity index (χ2n) is 4.22. The van der Waals surface area contributed by atoms with E-state index in [1.54, 1.807) is 13.1 Å². The molecule has 0 saturated heterocycles. The van der Waals surface area contributed by atoms with Gasteiger partial charge < -0.3 is 5.32 Å². The Kier molecular flexibility index (Phi) is 3.04. The monoisotopic (exact) mass is 207 g/mol. The predicted molar refractivity (Wildman–Crippen MR) is 60.1 cm³/mol. The quantitative estimate of drug-likeness (QED) is 0.777. The highest BCUT2D eigenvalue weighted by atomic mass is 16.1. The van der Waals surface area contributed by atoms with Crippen LogP contribution >= 0.6 is 0 Å². The van der Waals surface area contributed by atoms with Gasteiger partial charge in [-0.05, 0) is 19.8 Å². The lowest BCUT2D eigenvalue weighted by Crippen LogP contribution is -2.25. The number of H-pyrrole nitrogens is 1. The second kappa shape index (κ2) is 4.47. The van der Waals surface area contributed by atoms with Gasteiger partial charge in [-0.25, -0.2) is 4.98 Å². The minimum Gasteiger partial charge on any atom is -0.353 e. The lowest BCUT2D eigenvalue weighted by atomic mass is 9.96. The number of aromatic amines is 1. The van der Waals surface area contributed by atoms with Crippen molar-refractivity contribution in [2.45, 2.75) is 45.1 Å². The third-order valence-corrected chi connectivity index (χ3v) is 2.92. The first-order chi connectivity index (χ1) is 7.25. The van der Waals surface area contributed by atoms with E-state index in [0.717, 1.165) is 0 Å². The Morgan fingerprint density at radius 1 is 1.40 bits per heavy atom. The van der Waals surface area contributed by atoms with Crippen LogP contribution in [0.25, 0.3) is 0 Å². The van der Waals surface area contributed by atoms with Gasteiger partial charge in [0.15, 0.2) is 0 Å². The molecule has 0 spiro atoms. The van der Waals surface area contributed by atoms with Gasteiger partial charge in [0, 0.05) is 17.8 Å². The fourth-order valence-corrected chi connectivity index (χ4v) is 1.97.